The summed E-state index contributed by atoms with van der Waals surface area (Å²) in [6, 6.07) is 7.36. The number of likely N-dealkylation sites (tertiary alicyclic amines) is 1. The Labute approximate surface area is 154 Å². The van der Waals surface area contributed by atoms with Gasteiger partial charge in [-0.15, -0.1) is 0 Å². The zero-order valence-electron chi connectivity index (χ0n) is 15.4. The first-order chi connectivity index (χ1) is 12.7. The van der Waals surface area contributed by atoms with Gasteiger partial charge in [-0.25, -0.2) is 4.79 Å². The fraction of sp³-hybridized carbons (Fsp3) is 0.600. The Balaban J connectivity index is 1.54. The SMILES string of the molecule is CCOC(=O)N[C@H]1CCCN(C(=O)c2ccc(OC3CCCC3)cc2)C1. The molecule has 6 heteroatoms. The molecule has 0 spiro atoms. The molecule has 0 radical (unpaired) electrons. The van der Waals surface area contributed by atoms with Gasteiger partial charge in [-0.3, -0.25) is 4.79 Å². The Bertz CT molecular complexity index is 611. The van der Waals surface area contributed by atoms with Crippen molar-refractivity contribution in [1.29, 1.82) is 0 Å². The Kier molecular flexibility index (Phi) is 6.36. The molecule has 1 aromatic rings. The van der Waals surface area contributed by atoms with Crippen molar-refractivity contribution in [2.24, 2.45) is 0 Å². The molecule has 1 aromatic carbocycles. The lowest BCUT2D eigenvalue weighted by molar-refractivity contribution is 0.0686. The predicted molar refractivity (Wildman–Crippen MR) is 98.4 cm³/mol. The first-order valence-electron chi connectivity index (χ1n) is 9.65. The molecule has 1 aliphatic heterocycles. The standard InChI is InChI=1S/C20H28N2O4/c1-2-25-20(24)21-16-6-5-13-22(14-16)19(23)15-9-11-18(12-10-15)26-17-7-3-4-8-17/h9-12,16-17H,2-8,13-14H2,1H3,(H,21,24)/t16-/m0/s1. The molecule has 26 heavy (non-hydrogen) atoms. The summed E-state index contributed by atoms with van der Waals surface area (Å²) in [7, 11) is 0. The summed E-state index contributed by atoms with van der Waals surface area (Å²) >= 11 is 0. The second-order valence-corrected chi connectivity index (χ2v) is 7.00. The Morgan fingerprint density at radius 3 is 2.54 bits per heavy atom. The minimum atomic E-state index is -0.416. The van der Waals surface area contributed by atoms with Crippen LogP contribution in [-0.2, 0) is 4.74 Å². The van der Waals surface area contributed by atoms with E-state index in [1.807, 2.05) is 24.3 Å². The van der Waals surface area contributed by atoms with Crippen LogP contribution in [0.5, 0.6) is 5.75 Å². The number of benzene rings is 1. The summed E-state index contributed by atoms with van der Waals surface area (Å²) in [5.41, 5.74) is 0.653. The van der Waals surface area contributed by atoms with Crippen LogP contribution in [-0.4, -0.2) is 48.7 Å². The van der Waals surface area contributed by atoms with E-state index in [4.69, 9.17) is 9.47 Å². The van der Waals surface area contributed by atoms with Gasteiger partial charge in [-0.2, -0.15) is 0 Å². The lowest BCUT2D eigenvalue weighted by Gasteiger charge is -2.33. The lowest BCUT2D eigenvalue weighted by atomic mass is 10.0. The quantitative estimate of drug-likeness (QED) is 0.874. The van der Waals surface area contributed by atoms with Gasteiger partial charge in [-0.05, 0) is 69.7 Å². The summed E-state index contributed by atoms with van der Waals surface area (Å²) in [6.07, 6.45) is 6.32. The van der Waals surface area contributed by atoms with Crippen LogP contribution in [0.4, 0.5) is 4.79 Å². The third kappa shape index (κ3) is 4.90. The minimum absolute atomic E-state index is 0.00669. The first kappa shape index (κ1) is 18.5. The van der Waals surface area contributed by atoms with Crippen LogP contribution >= 0.6 is 0 Å². The van der Waals surface area contributed by atoms with Crippen molar-refractivity contribution >= 4 is 12.0 Å². The van der Waals surface area contributed by atoms with Gasteiger partial charge >= 0.3 is 6.09 Å². The smallest absolute Gasteiger partial charge is 0.407 e. The van der Waals surface area contributed by atoms with Gasteiger partial charge in [0, 0.05) is 24.7 Å². The highest BCUT2D eigenvalue weighted by Crippen LogP contribution is 2.24. The van der Waals surface area contributed by atoms with Gasteiger partial charge in [0.05, 0.1) is 12.7 Å². The molecule has 0 bridgehead atoms. The largest absolute Gasteiger partial charge is 0.490 e. The van der Waals surface area contributed by atoms with Gasteiger partial charge in [-0.1, -0.05) is 0 Å². The van der Waals surface area contributed by atoms with E-state index >= 15 is 0 Å². The second kappa shape index (κ2) is 8.92. The van der Waals surface area contributed by atoms with E-state index in [0.717, 1.165) is 31.4 Å². The van der Waals surface area contributed by atoms with Gasteiger partial charge in [0.25, 0.3) is 5.91 Å². The fourth-order valence-corrected chi connectivity index (χ4v) is 3.68. The summed E-state index contributed by atoms with van der Waals surface area (Å²) in [4.78, 5) is 26.1. The van der Waals surface area contributed by atoms with Crippen LogP contribution < -0.4 is 10.1 Å². The number of ether oxygens (including phenoxy) is 2. The Morgan fingerprint density at radius 2 is 1.85 bits per heavy atom. The van der Waals surface area contributed by atoms with Crippen LogP contribution in [0.2, 0.25) is 0 Å². The number of carbonyl (C=O) groups excluding carboxylic acids is 2. The summed E-state index contributed by atoms with van der Waals surface area (Å²) in [5, 5.41) is 2.83. The monoisotopic (exact) mass is 360 g/mol. The molecule has 0 unspecified atom stereocenters. The molecule has 2 amide bonds. The molecule has 1 N–H and O–H groups in total. The number of piperidine rings is 1. The number of rotatable bonds is 5. The average Bonchev–Trinajstić information content (AvgIpc) is 3.15. The zero-order valence-corrected chi connectivity index (χ0v) is 15.4. The van der Waals surface area contributed by atoms with Crippen molar-refractivity contribution in [2.75, 3.05) is 19.7 Å². The van der Waals surface area contributed by atoms with Crippen LogP contribution in [0.25, 0.3) is 0 Å². The average molecular weight is 360 g/mol. The molecule has 1 atom stereocenters. The van der Waals surface area contributed by atoms with E-state index in [2.05, 4.69) is 5.32 Å². The van der Waals surface area contributed by atoms with Crippen LogP contribution in [0.1, 0.15) is 55.8 Å². The molecule has 2 aliphatic rings. The molecule has 1 aliphatic carbocycles. The highest BCUT2D eigenvalue weighted by molar-refractivity contribution is 5.94. The second-order valence-electron chi connectivity index (χ2n) is 7.00. The zero-order chi connectivity index (χ0) is 18.4. The van der Waals surface area contributed by atoms with Crippen molar-refractivity contribution in [2.45, 2.75) is 57.6 Å². The number of nitrogens with zero attached hydrogens (tertiary/aromatic N) is 1. The topological polar surface area (TPSA) is 67.9 Å². The van der Waals surface area contributed by atoms with Crippen molar-refractivity contribution in [3.8, 4) is 5.75 Å². The maximum atomic E-state index is 12.8. The fourth-order valence-electron chi connectivity index (χ4n) is 3.68. The van der Waals surface area contributed by atoms with Crippen molar-refractivity contribution in [3.63, 3.8) is 0 Å². The van der Waals surface area contributed by atoms with Crippen LogP contribution in [0.15, 0.2) is 24.3 Å². The summed E-state index contributed by atoms with van der Waals surface area (Å²) in [6.45, 7) is 3.34. The number of nitrogens with one attached hydrogen (secondary N) is 1. The maximum absolute atomic E-state index is 12.8. The summed E-state index contributed by atoms with van der Waals surface area (Å²) in [5.74, 6) is 0.821. The molecule has 1 heterocycles. The molecule has 6 nitrogen and oxygen atoms in total. The van der Waals surface area contributed by atoms with Gasteiger partial charge in [0.15, 0.2) is 0 Å². The Morgan fingerprint density at radius 1 is 1.12 bits per heavy atom. The first-order valence-corrected chi connectivity index (χ1v) is 9.65. The normalized spacial score (nSPS) is 20.7. The molecule has 2 fully saturated rings. The van der Waals surface area contributed by atoms with Crippen molar-refractivity contribution in [1.82, 2.24) is 10.2 Å². The molecular formula is C20H28N2O4. The van der Waals surface area contributed by atoms with E-state index < -0.39 is 6.09 Å². The van der Waals surface area contributed by atoms with Gasteiger partial charge in [0.1, 0.15) is 5.75 Å². The number of hydrogen-bond donors (Lipinski definition) is 1. The van der Waals surface area contributed by atoms with E-state index in [9.17, 15) is 9.59 Å². The van der Waals surface area contributed by atoms with E-state index in [1.54, 1.807) is 11.8 Å². The van der Waals surface area contributed by atoms with E-state index in [1.165, 1.54) is 12.8 Å². The maximum Gasteiger partial charge on any atom is 0.407 e. The number of alkyl carbamates (subject to hydrolysis) is 1. The highest BCUT2D eigenvalue weighted by atomic mass is 16.5. The molecule has 1 saturated carbocycles. The molecular weight excluding hydrogens is 332 g/mol. The Hall–Kier alpha value is -2.24. The van der Waals surface area contributed by atoms with Crippen LogP contribution in [0, 0.1) is 0 Å². The van der Waals surface area contributed by atoms with Gasteiger partial charge < -0.3 is 19.7 Å². The number of carbonyl (C=O) groups is 2. The number of hydrogen-bond acceptors (Lipinski definition) is 4. The third-order valence-electron chi connectivity index (χ3n) is 5.01. The van der Waals surface area contributed by atoms with E-state index in [0.29, 0.717) is 31.4 Å². The lowest BCUT2D eigenvalue weighted by Crippen LogP contribution is -2.49. The third-order valence-corrected chi connectivity index (χ3v) is 5.01. The van der Waals surface area contributed by atoms with E-state index in [-0.39, 0.29) is 11.9 Å². The predicted octanol–water partition coefficient (Wildman–Crippen LogP) is 3.36. The van der Waals surface area contributed by atoms with Crippen molar-refractivity contribution < 1.29 is 19.1 Å². The molecule has 1 saturated heterocycles. The molecule has 3 rings (SSSR count). The van der Waals surface area contributed by atoms with Crippen LogP contribution in [0.3, 0.4) is 0 Å². The summed E-state index contributed by atoms with van der Waals surface area (Å²) < 4.78 is 10.9. The van der Waals surface area contributed by atoms with Crippen molar-refractivity contribution in [3.05, 3.63) is 29.8 Å². The molecule has 142 valence electrons. The molecule has 0 aromatic heterocycles. The number of amides is 2. The van der Waals surface area contributed by atoms with Gasteiger partial charge in [0.2, 0.25) is 0 Å². The highest BCUT2D eigenvalue weighted by Gasteiger charge is 2.26. The minimum Gasteiger partial charge on any atom is -0.490 e.